The van der Waals surface area contributed by atoms with Crippen molar-refractivity contribution < 1.29 is 27.5 Å². The number of esters is 1. The van der Waals surface area contributed by atoms with Crippen molar-refractivity contribution in [1.29, 1.82) is 0 Å². The number of ether oxygens (including phenoxy) is 2. The van der Waals surface area contributed by atoms with E-state index in [1.54, 1.807) is 12.1 Å². The Kier molecular flexibility index (Phi) is 6.92. The van der Waals surface area contributed by atoms with Crippen molar-refractivity contribution in [2.24, 2.45) is 0 Å². The summed E-state index contributed by atoms with van der Waals surface area (Å²) < 4.78 is 33.6. The normalized spacial score (nSPS) is 12.2. The zero-order chi connectivity index (χ0) is 21.1. The van der Waals surface area contributed by atoms with Gasteiger partial charge in [-0.15, -0.1) is 0 Å². The Morgan fingerprint density at radius 1 is 1.11 bits per heavy atom. The number of sulfone groups is 1. The number of benzene rings is 2. The molecular weight excluding hydrogens is 429 g/mol. The number of carbonyl (C=O) groups excluding carboxylic acids is 2. The number of carbonyl (C=O) groups is 2. The summed E-state index contributed by atoms with van der Waals surface area (Å²) in [6.45, 7) is 1.36. The van der Waals surface area contributed by atoms with Crippen LogP contribution in [0, 0.1) is 0 Å². The SMILES string of the molecule is COc1ccc(Cl)cc1NC(=O)C(C)OC(=O)c1cc(S(C)(=O)=O)ccc1Cl. The molecule has 7 nitrogen and oxygen atoms in total. The van der Waals surface area contributed by atoms with Gasteiger partial charge in [-0.05, 0) is 43.3 Å². The monoisotopic (exact) mass is 445 g/mol. The second-order valence-corrected chi connectivity index (χ2v) is 8.65. The summed E-state index contributed by atoms with van der Waals surface area (Å²) in [5.74, 6) is -1.19. The molecule has 0 saturated heterocycles. The minimum atomic E-state index is -3.54. The first kappa shape index (κ1) is 22.0. The van der Waals surface area contributed by atoms with E-state index in [0.29, 0.717) is 16.5 Å². The molecule has 2 aromatic carbocycles. The third-order valence-corrected chi connectivity index (χ3v) is 5.33. The van der Waals surface area contributed by atoms with Gasteiger partial charge in [0.1, 0.15) is 5.75 Å². The van der Waals surface area contributed by atoms with Gasteiger partial charge in [-0.1, -0.05) is 23.2 Å². The molecule has 0 aliphatic carbocycles. The fourth-order valence-electron chi connectivity index (χ4n) is 2.18. The van der Waals surface area contributed by atoms with E-state index < -0.39 is 27.8 Å². The largest absolute Gasteiger partial charge is 0.495 e. The van der Waals surface area contributed by atoms with Crippen LogP contribution in [0.1, 0.15) is 17.3 Å². The van der Waals surface area contributed by atoms with E-state index in [2.05, 4.69) is 5.32 Å². The third kappa shape index (κ3) is 5.37. The molecule has 1 unspecified atom stereocenters. The van der Waals surface area contributed by atoms with E-state index in [1.807, 2.05) is 0 Å². The van der Waals surface area contributed by atoms with Gasteiger partial charge in [-0.3, -0.25) is 4.79 Å². The average Bonchev–Trinajstić information content (AvgIpc) is 2.61. The number of anilines is 1. The molecule has 0 spiro atoms. The molecule has 0 heterocycles. The zero-order valence-electron chi connectivity index (χ0n) is 15.2. The second kappa shape index (κ2) is 8.81. The predicted molar refractivity (Wildman–Crippen MR) is 106 cm³/mol. The van der Waals surface area contributed by atoms with Crippen molar-refractivity contribution in [3.63, 3.8) is 0 Å². The number of halogens is 2. The van der Waals surface area contributed by atoms with Gasteiger partial charge in [0.05, 0.1) is 28.3 Å². The summed E-state index contributed by atoms with van der Waals surface area (Å²) in [7, 11) is -2.12. The molecular formula is C18H17Cl2NO6S. The maximum Gasteiger partial charge on any atom is 0.340 e. The standard InChI is InChI=1S/C18H17Cl2NO6S/c1-10(17(22)21-15-8-11(19)4-7-16(15)26-2)27-18(23)13-9-12(28(3,24)25)5-6-14(13)20/h4-10H,1-3H3,(H,21,22). The molecule has 2 rings (SSSR count). The summed E-state index contributed by atoms with van der Waals surface area (Å²) in [6.07, 6.45) is -0.200. The predicted octanol–water partition coefficient (Wildman–Crippen LogP) is 3.59. The van der Waals surface area contributed by atoms with Gasteiger partial charge in [0, 0.05) is 11.3 Å². The molecule has 0 saturated carbocycles. The summed E-state index contributed by atoms with van der Waals surface area (Å²) in [5.41, 5.74) is 0.143. The second-order valence-electron chi connectivity index (χ2n) is 5.80. The van der Waals surface area contributed by atoms with Gasteiger partial charge < -0.3 is 14.8 Å². The van der Waals surface area contributed by atoms with Crippen molar-refractivity contribution >= 4 is 50.6 Å². The van der Waals surface area contributed by atoms with Crippen molar-refractivity contribution in [3.05, 3.63) is 52.0 Å². The molecule has 0 radical (unpaired) electrons. The Balaban J connectivity index is 2.16. The van der Waals surface area contributed by atoms with E-state index in [4.69, 9.17) is 32.7 Å². The smallest absolute Gasteiger partial charge is 0.340 e. The highest BCUT2D eigenvalue weighted by molar-refractivity contribution is 7.90. The summed E-state index contributed by atoms with van der Waals surface area (Å²) in [6, 6.07) is 8.30. The summed E-state index contributed by atoms with van der Waals surface area (Å²) in [5, 5.41) is 2.94. The van der Waals surface area contributed by atoms with Crippen LogP contribution in [0.15, 0.2) is 41.3 Å². The molecule has 150 valence electrons. The van der Waals surface area contributed by atoms with Crippen LogP contribution in [0.2, 0.25) is 10.0 Å². The van der Waals surface area contributed by atoms with Gasteiger partial charge in [-0.2, -0.15) is 0 Å². The molecule has 1 atom stereocenters. The van der Waals surface area contributed by atoms with Gasteiger partial charge in [0.25, 0.3) is 5.91 Å². The lowest BCUT2D eigenvalue weighted by atomic mass is 10.2. The molecule has 2 aromatic rings. The van der Waals surface area contributed by atoms with Gasteiger partial charge in [0.2, 0.25) is 0 Å². The van der Waals surface area contributed by atoms with Crippen LogP contribution >= 0.6 is 23.2 Å². The number of hydrogen-bond donors (Lipinski definition) is 1. The maximum absolute atomic E-state index is 12.4. The Morgan fingerprint density at radius 2 is 1.79 bits per heavy atom. The molecule has 1 amide bonds. The first-order chi connectivity index (χ1) is 13.0. The Morgan fingerprint density at radius 3 is 2.39 bits per heavy atom. The van der Waals surface area contributed by atoms with Crippen LogP contribution in [-0.4, -0.2) is 39.8 Å². The van der Waals surface area contributed by atoms with Gasteiger partial charge in [-0.25, -0.2) is 13.2 Å². The Labute approximate surface area is 172 Å². The van der Waals surface area contributed by atoms with Crippen LogP contribution < -0.4 is 10.1 Å². The fraction of sp³-hybridized carbons (Fsp3) is 0.222. The molecule has 0 bridgehead atoms. The summed E-state index contributed by atoms with van der Waals surface area (Å²) >= 11 is 11.9. The van der Waals surface area contributed by atoms with E-state index in [0.717, 1.165) is 12.3 Å². The molecule has 0 aromatic heterocycles. The van der Waals surface area contributed by atoms with Crippen LogP contribution in [-0.2, 0) is 19.4 Å². The number of hydrogen-bond acceptors (Lipinski definition) is 6. The van der Waals surface area contributed by atoms with Gasteiger partial charge in [0.15, 0.2) is 15.9 Å². The quantitative estimate of drug-likeness (QED) is 0.681. The molecule has 0 fully saturated rings. The molecule has 28 heavy (non-hydrogen) atoms. The summed E-state index contributed by atoms with van der Waals surface area (Å²) in [4.78, 5) is 24.6. The van der Waals surface area contributed by atoms with Crippen LogP contribution in [0.4, 0.5) is 5.69 Å². The zero-order valence-corrected chi connectivity index (χ0v) is 17.5. The molecule has 10 heteroatoms. The number of amides is 1. The van der Waals surface area contributed by atoms with Crippen molar-refractivity contribution in [3.8, 4) is 5.75 Å². The van der Waals surface area contributed by atoms with E-state index >= 15 is 0 Å². The molecule has 0 aliphatic rings. The Hall–Kier alpha value is -2.29. The number of methoxy groups -OCH3 is 1. The van der Waals surface area contributed by atoms with Crippen LogP contribution in [0.3, 0.4) is 0 Å². The van der Waals surface area contributed by atoms with Crippen molar-refractivity contribution in [2.75, 3.05) is 18.7 Å². The average molecular weight is 446 g/mol. The van der Waals surface area contributed by atoms with Crippen LogP contribution in [0.25, 0.3) is 0 Å². The lowest BCUT2D eigenvalue weighted by Crippen LogP contribution is -2.30. The molecule has 1 N–H and O–H groups in total. The van der Waals surface area contributed by atoms with Crippen molar-refractivity contribution in [1.82, 2.24) is 0 Å². The highest BCUT2D eigenvalue weighted by Crippen LogP contribution is 2.28. The van der Waals surface area contributed by atoms with Gasteiger partial charge >= 0.3 is 5.97 Å². The molecule has 0 aliphatic heterocycles. The van der Waals surface area contributed by atoms with Crippen LogP contribution in [0.5, 0.6) is 5.75 Å². The first-order valence-electron chi connectivity index (χ1n) is 7.88. The highest BCUT2D eigenvalue weighted by atomic mass is 35.5. The third-order valence-electron chi connectivity index (χ3n) is 3.66. The maximum atomic E-state index is 12.4. The first-order valence-corrected chi connectivity index (χ1v) is 10.5. The lowest BCUT2D eigenvalue weighted by Gasteiger charge is -2.16. The number of nitrogens with one attached hydrogen (secondary N) is 1. The number of rotatable bonds is 6. The lowest BCUT2D eigenvalue weighted by molar-refractivity contribution is -0.123. The fourth-order valence-corrected chi connectivity index (χ4v) is 3.20. The highest BCUT2D eigenvalue weighted by Gasteiger charge is 2.23. The van der Waals surface area contributed by atoms with E-state index in [-0.39, 0.29) is 15.5 Å². The van der Waals surface area contributed by atoms with E-state index in [9.17, 15) is 18.0 Å². The van der Waals surface area contributed by atoms with Crippen molar-refractivity contribution in [2.45, 2.75) is 17.9 Å². The van der Waals surface area contributed by atoms with E-state index in [1.165, 1.54) is 32.2 Å². The minimum absolute atomic E-state index is 0.00141. The minimum Gasteiger partial charge on any atom is -0.495 e. The topological polar surface area (TPSA) is 98.8 Å². The Bertz CT molecular complexity index is 1020.